The lowest BCUT2D eigenvalue weighted by atomic mass is 9.98. The molecule has 3 aromatic carbocycles. The Morgan fingerprint density at radius 3 is 2.30 bits per heavy atom. The molecule has 0 saturated carbocycles. The Balaban J connectivity index is 1.49. The molecule has 0 spiro atoms. The fraction of sp³-hybridized carbons (Fsp3) is 0.412. The zero-order chi connectivity index (χ0) is 31.0. The number of aliphatic hydroxyl groups excluding tert-OH is 1. The number of carbonyl (C=O) groups excluding carboxylic acids is 2. The van der Waals surface area contributed by atoms with E-state index in [0.717, 1.165) is 43.4 Å². The smallest absolute Gasteiger partial charge is 0.390 e. The van der Waals surface area contributed by atoms with E-state index in [1.54, 1.807) is 24.3 Å². The van der Waals surface area contributed by atoms with Gasteiger partial charge in [-0.2, -0.15) is 13.2 Å². The number of alkyl halides is 3. The van der Waals surface area contributed by atoms with E-state index in [2.05, 4.69) is 24.5 Å². The second-order valence-electron chi connectivity index (χ2n) is 11.2. The van der Waals surface area contributed by atoms with Gasteiger partial charge in [0, 0.05) is 36.8 Å². The molecule has 1 aliphatic rings. The van der Waals surface area contributed by atoms with E-state index in [-0.39, 0.29) is 30.9 Å². The monoisotopic (exact) mass is 595 g/mol. The first-order valence-electron chi connectivity index (χ1n) is 14.9. The highest BCUT2D eigenvalue weighted by atomic mass is 19.4. The van der Waals surface area contributed by atoms with E-state index in [4.69, 9.17) is 0 Å². The van der Waals surface area contributed by atoms with Gasteiger partial charge in [0.2, 0.25) is 0 Å². The van der Waals surface area contributed by atoms with E-state index in [1.807, 2.05) is 35.2 Å². The van der Waals surface area contributed by atoms with Crippen LogP contribution in [0.25, 0.3) is 0 Å². The summed E-state index contributed by atoms with van der Waals surface area (Å²) >= 11 is 0. The number of aliphatic hydroxyl groups is 1. The first-order valence-corrected chi connectivity index (χ1v) is 14.9. The average Bonchev–Trinajstić information content (AvgIpc) is 3.33. The van der Waals surface area contributed by atoms with Crippen molar-refractivity contribution in [1.82, 2.24) is 15.5 Å². The number of amides is 2. The summed E-state index contributed by atoms with van der Waals surface area (Å²) in [4.78, 5) is 28.9. The molecule has 9 heteroatoms. The molecule has 0 unspecified atom stereocenters. The number of nitrogens with zero attached hydrogens (tertiary/aromatic N) is 1. The first-order chi connectivity index (χ1) is 20.6. The molecule has 0 saturated heterocycles. The third-order valence-corrected chi connectivity index (χ3v) is 7.94. The SMILES string of the molecule is CCCC(CCC)N1Cc2c(C(=O)N[C@@H](Cc3ccccc3)[C@@H](O)CNCc3cccc(C(F)(F)F)c3)cccc2C1=O. The maximum Gasteiger partial charge on any atom is 0.416 e. The molecule has 6 nitrogen and oxygen atoms in total. The Hall–Kier alpha value is -3.69. The van der Waals surface area contributed by atoms with Gasteiger partial charge in [-0.05, 0) is 54.2 Å². The number of benzene rings is 3. The van der Waals surface area contributed by atoms with Crippen LogP contribution >= 0.6 is 0 Å². The van der Waals surface area contributed by atoms with Crippen molar-refractivity contribution < 1.29 is 27.9 Å². The third-order valence-electron chi connectivity index (χ3n) is 7.94. The molecule has 3 N–H and O–H groups in total. The van der Waals surface area contributed by atoms with Crippen LogP contribution in [0.1, 0.15) is 82.5 Å². The van der Waals surface area contributed by atoms with Crippen LogP contribution < -0.4 is 10.6 Å². The third kappa shape index (κ3) is 8.24. The van der Waals surface area contributed by atoms with Crippen LogP contribution in [0, 0.1) is 0 Å². The lowest BCUT2D eigenvalue weighted by Gasteiger charge is -2.27. The van der Waals surface area contributed by atoms with Gasteiger partial charge in [0.15, 0.2) is 0 Å². The number of nitrogens with one attached hydrogen (secondary N) is 2. The standard InChI is InChI=1S/C34H40F3N3O3/c1-3-10-26(11-4-2)40-22-29-27(16-9-17-28(29)33(40)43)32(42)39-30(19-23-12-6-5-7-13-23)31(41)21-38-20-24-14-8-15-25(18-24)34(35,36)37/h5-9,12-18,26,30-31,38,41H,3-4,10-11,19-22H2,1-2H3,(H,39,42)/t30-,31-/m0/s1. The molecular formula is C34H40F3N3O3. The van der Waals surface area contributed by atoms with E-state index in [0.29, 0.717) is 35.2 Å². The maximum atomic E-state index is 13.7. The summed E-state index contributed by atoms with van der Waals surface area (Å²) < 4.78 is 39.3. The minimum absolute atomic E-state index is 0.0445. The molecule has 4 rings (SSSR count). The Morgan fingerprint density at radius 2 is 1.63 bits per heavy atom. The summed E-state index contributed by atoms with van der Waals surface area (Å²) in [6, 6.07) is 19.1. The van der Waals surface area contributed by atoms with Gasteiger partial charge in [-0.1, -0.05) is 81.3 Å². The van der Waals surface area contributed by atoms with Crippen LogP contribution in [0.2, 0.25) is 0 Å². The van der Waals surface area contributed by atoms with Gasteiger partial charge in [0.05, 0.1) is 17.7 Å². The average molecular weight is 596 g/mol. The van der Waals surface area contributed by atoms with Gasteiger partial charge in [0.25, 0.3) is 11.8 Å². The van der Waals surface area contributed by atoms with Crippen molar-refractivity contribution in [2.24, 2.45) is 0 Å². The van der Waals surface area contributed by atoms with Gasteiger partial charge in [-0.15, -0.1) is 0 Å². The van der Waals surface area contributed by atoms with Gasteiger partial charge >= 0.3 is 6.18 Å². The normalized spacial score (nSPS) is 14.6. The van der Waals surface area contributed by atoms with E-state index >= 15 is 0 Å². The predicted molar refractivity (Wildman–Crippen MR) is 160 cm³/mol. The van der Waals surface area contributed by atoms with Crippen LogP contribution in [-0.4, -0.2) is 46.6 Å². The topological polar surface area (TPSA) is 81.7 Å². The fourth-order valence-electron chi connectivity index (χ4n) is 5.75. The van der Waals surface area contributed by atoms with Crippen LogP contribution in [0.5, 0.6) is 0 Å². The van der Waals surface area contributed by atoms with Gasteiger partial charge < -0.3 is 20.6 Å². The number of rotatable bonds is 14. The summed E-state index contributed by atoms with van der Waals surface area (Å²) in [6.45, 7) is 4.73. The van der Waals surface area contributed by atoms with Crippen molar-refractivity contribution >= 4 is 11.8 Å². The van der Waals surface area contributed by atoms with Crippen molar-refractivity contribution in [2.45, 2.75) is 83.4 Å². The zero-order valence-electron chi connectivity index (χ0n) is 24.7. The number of halogens is 3. The van der Waals surface area contributed by atoms with Crippen molar-refractivity contribution in [3.63, 3.8) is 0 Å². The lowest BCUT2D eigenvalue weighted by molar-refractivity contribution is -0.137. The molecule has 2 amide bonds. The second-order valence-corrected chi connectivity index (χ2v) is 11.2. The van der Waals surface area contributed by atoms with Crippen LogP contribution in [0.4, 0.5) is 13.2 Å². The molecule has 1 aliphatic heterocycles. The summed E-state index contributed by atoms with van der Waals surface area (Å²) in [5.41, 5.74) is 2.24. The van der Waals surface area contributed by atoms with Gasteiger partial charge in [-0.25, -0.2) is 0 Å². The largest absolute Gasteiger partial charge is 0.416 e. The molecule has 0 bridgehead atoms. The molecule has 0 aromatic heterocycles. The number of hydrogen-bond acceptors (Lipinski definition) is 4. The highest BCUT2D eigenvalue weighted by Gasteiger charge is 2.35. The summed E-state index contributed by atoms with van der Waals surface area (Å²) in [6.07, 6.45) is -1.43. The number of fused-ring (bicyclic) bond motifs is 1. The Bertz CT molecular complexity index is 1370. The Morgan fingerprint density at radius 1 is 0.953 bits per heavy atom. The first kappa shape index (κ1) is 32.2. The lowest BCUT2D eigenvalue weighted by Crippen LogP contribution is -2.48. The molecule has 43 heavy (non-hydrogen) atoms. The Labute approximate surface area is 251 Å². The predicted octanol–water partition coefficient (Wildman–Crippen LogP) is 6.12. The van der Waals surface area contributed by atoms with Crippen LogP contribution in [0.3, 0.4) is 0 Å². The molecule has 3 aromatic rings. The summed E-state index contributed by atoms with van der Waals surface area (Å²) in [5.74, 6) is -0.442. The van der Waals surface area contributed by atoms with Gasteiger partial charge in [0.1, 0.15) is 0 Å². The fourth-order valence-corrected chi connectivity index (χ4v) is 5.75. The summed E-state index contributed by atoms with van der Waals surface area (Å²) in [5, 5.41) is 17.2. The van der Waals surface area contributed by atoms with E-state index in [9.17, 15) is 27.9 Å². The second kappa shape index (κ2) is 14.7. The van der Waals surface area contributed by atoms with E-state index < -0.39 is 23.9 Å². The van der Waals surface area contributed by atoms with Gasteiger partial charge in [-0.3, -0.25) is 9.59 Å². The summed E-state index contributed by atoms with van der Waals surface area (Å²) in [7, 11) is 0. The molecule has 2 atom stereocenters. The molecule has 1 heterocycles. The minimum Gasteiger partial charge on any atom is -0.390 e. The van der Waals surface area contributed by atoms with Crippen molar-refractivity contribution in [3.8, 4) is 0 Å². The van der Waals surface area contributed by atoms with Crippen molar-refractivity contribution in [3.05, 3.63) is 106 Å². The highest BCUT2D eigenvalue weighted by Crippen LogP contribution is 2.31. The molecule has 230 valence electrons. The zero-order valence-corrected chi connectivity index (χ0v) is 24.7. The molecule has 0 radical (unpaired) electrons. The van der Waals surface area contributed by atoms with Crippen LogP contribution in [0.15, 0.2) is 72.8 Å². The molecular weight excluding hydrogens is 555 g/mol. The highest BCUT2D eigenvalue weighted by molar-refractivity contribution is 6.04. The van der Waals surface area contributed by atoms with Crippen molar-refractivity contribution in [2.75, 3.05) is 6.54 Å². The maximum absolute atomic E-state index is 13.7. The Kier molecular flexibility index (Phi) is 11.0. The van der Waals surface area contributed by atoms with Crippen LogP contribution in [-0.2, 0) is 25.7 Å². The number of carbonyl (C=O) groups is 2. The quantitative estimate of drug-likeness (QED) is 0.210. The molecule has 0 fully saturated rings. The minimum atomic E-state index is -4.44. The van der Waals surface area contributed by atoms with E-state index in [1.165, 1.54) is 6.07 Å². The molecule has 0 aliphatic carbocycles. The van der Waals surface area contributed by atoms with Crippen molar-refractivity contribution in [1.29, 1.82) is 0 Å². The number of hydrogen-bond donors (Lipinski definition) is 3.